The molecule has 1 aliphatic rings. The molecule has 3 nitrogen and oxygen atoms in total. The Hall–Kier alpha value is -2.68. The molecule has 0 saturated carbocycles. The van der Waals surface area contributed by atoms with Crippen LogP contribution in [-0.2, 0) is 6.42 Å². The van der Waals surface area contributed by atoms with E-state index in [-0.39, 0.29) is 0 Å². The first-order chi connectivity index (χ1) is 12.9. The van der Waals surface area contributed by atoms with Crippen LogP contribution in [0.25, 0.3) is 0 Å². The molecule has 0 spiro atoms. The van der Waals surface area contributed by atoms with Gasteiger partial charge in [-0.1, -0.05) is 53.6 Å². The first kappa shape index (κ1) is 20.6. The summed E-state index contributed by atoms with van der Waals surface area (Å²) in [5.41, 5.74) is 8.87. The molecule has 142 valence electrons. The van der Waals surface area contributed by atoms with Crippen LogP contribution in [0.3, 0.4) is 0 Å². The van der Waals surface area contributed by atoms with Crippen LogP contribution in [0.2, 0.25) is 0 Å². The first-order valence-corrected chi connectivity index (χ1v) is 9.42. The third-order valence-electron chi connectivity index (χ3n) is 4.81. The highest BCUT2D eigenvalue weighted by atomic mass is 15.1. The third kappa shape index (κ3) is 6.21. The summed E-state index contributed by atoms with van der Waals surface area (Å²) in [5.74, 6) is 0. The molecule has 0 saturated heterocycles. The lowest BCUT2D eigenvalue weighted by Gasteiger charge is -2.32. The molecule has 27 heavy (non-hydrogen) atoms. The maximum Gasteiger partial charge on any atom is 0.114 e. The number of nitrogens with zero attached hydrogens (tertiary/aromatic N) is 3. The SMILES string of the molecule is C=C/C(C)=C\C=C(/C)N1CCC(N=CN=C)=C(Cc2cc(C)cc(C)c2)C1. The smallest absolute Gasteiger partial charge is 0.114 e. The number of aryl methyl sites for hydroxylation is 2. The summed E-state index contributed by atoms with van der Waals surface area (Å²) in [6, 6.07) is 6.75. The van der Waals surface area contributed by atoms with E-state index in [1.54, 1.807) is 6.34 Å². The number of aliphatic imine (C=N–C) groups is 2. The van der Waals surface area contributed by atoms with E-state index in [0.29, 0.717) is 0 Å². The molecule has 0 N–H and O–H groups in total. The predicted molar refractivity (Wildman–Crippen MR) is 119 cm³/mol. The maximum atomic E-state index is 4.56. The van der Waals surface area contributed by atoms with Crippen LogP contribution in [0.15, 0.2) is 75.5 Å². The fourth-order valence-electron chi connectivity index (χ4n) is 3.39. The molecule has 1 aromatic carbocycles. The maximum absolute atomic E-state index is 4.56. The zero-order valence-electron chi connectivity index (χ0n) is 17.1. The molecule has 2 rings (SSSR count). The van der Waals surface area contributed by atoms with Crippen LogP contribution in [0.1, 0.15) is 37.0 Å². The molecule has 0 atom stereocenters. The van der Waals surface area contributed by atoms with Gasteiger partial charge in [-0.3, -0.25) is 4.99 Å². The van der Waals surface area contributed by atoms with Crippen molar-refractivity contribution in [1.82, 2.24) is 4.90 Å². The molecule has 0 radical (unpaired) electrons. The minimum absolute atomic E-state index is 0.889. The molecule has 0 aliphatic carbocycles. The highest BCUT2D eigenvalue weighted by Gasteiger charge is 2.19. The Morgan fingerprint density at radius 1 is 1.15 bits per heavy atom. The summed E-state index contributed by atoms with van der Waals surface area (Å²) in [4.78, 5) is 10.8. The Morgan fingerprint density at radius 3 is 2.48 bits per heavy atom. The van der Waals surface area contributed by atoms with Crippen LogP contribution in [0, 0.1) is 13.8 Å². The molecule has 0 bridgehead atoms. The molecule has 1 aliphatic heterocycles. The van der Waals surface area contributed by atoms with Crippen LogP contribution in [0.4, 0.5) is 0 Å². The van der Waals surface area contributed by atoms with Gasteiger partial charge in [0.15, 0.2) is 0 Å². The van der Waals surface area contributed by atoms with Crippen molar-refractivity contribution < 1.29 is 0 Å². The van der Waals surface area contributed by atoms with Crippen LogP contribution in [0.5, 0.6) is 0 Å². The fraction of sp³-hybridized carbons (Fsp3) is 0.333. The number of allylic oxidation sites excluding steroid dienone is 5. The number of hydrogen-bond acceptors (Lipinski definition) is 2. The van der Waals surface area contributed by atoms with Crippen molar-refractivity contribution in [3.63, 3.8) is 0 Å². The lowest BCUT2D eigenvalue weighted by atomic mass is 9.96. The molecule has 1 heterocycles. The molecular weight excluding hydrogens is 330 g/mol. The van der Waals surface area contributed by atoms with Gasteiger partial charge in [0.1, 0.15) is 6.34 Å². The van der Waals surface area contributed by atoms with E-state index in [0.717, 1.165) is 31.6 Å². The monoisotopic (exact) mass is 361 g/mol. The Balaban J connectivity index is 2.29. The van der Waals surface area contributed by atoms with Gasteiger partial charge in [-0.25, -0.2) is 4.99 Å². The number of hydrogen-bond donors (Lipinski definition) is 0. The lowest BCUT2D eigenvalue weighted by molar-refractivity contribution is 0.353. The second-order valence-electron chi connectivity index (χ2n) is 7.24. The van der Waals surface area contributed by atoms with E-state index in [2.05, 4.69) is 86.2 Å². The highest BCUT2D eigenvalue weighted by Crippen LogP contribution is 2.25. The number of benzene rings is 1. The summed E-state index contributed by atoms with van der Waals surface area (Å²) in [7, 11) is 0. The largest absolute Gasteiger partial charge is 0.371 e. The normalized spacial score (nSPS) is 16.2. The lowest BCUT2D eigenvalue weighted by Crippen LogP contribution is -2.30. The van der Waals surface area contributed by atoms with Gasteiger partial charge >= 0.3 is 0 Å². The molecule has 0 unspecified atom stereocenters. The molecular formula is C24H31N3. The minimum atomic E-state index is 0.889. The summed E-state index contributed by atoms with van der Waals surface area (Å²) in [5, 5.41) is 0. The van der Waals surface area contributed by atoms with Gasteiger partial charge in [0.2, 0.25) is 0 Å². The Kier molecular flexibility index (Phi) is 7.54. The number of rotatable bonds is 7. The van der Waals surface area contributed by atoms with E-state index < -0.39 is 0 Å². The summed E-state index contributed by atoms with van der Waals surface area (Å²) < 4.78 is 0. The minimum Gasteiger partial charge on any atom is -0.371 e. The van der Waals surface area contributed by atoms with Crippen molar-refractivity contribution in [3.05, 3.63) is 82.2 Å². The summed E-state index contributed by atoms with van der Waals surface area (Å²) in [6.45, 7) is 17.7. The van der Waals surface area contributed by atoms with Crippen molar-refractivity contribution >= 4 is 13.1 Å². The van der Waals surface area contributed by atoms with Crippen molar-refractivity contribution in [3.8, 4) is 0 Å². The standard InChI is InChI=1S/C24H31N3/c1-7-18(2)8-9-21(5)27-11-10-24(26-17-25-6)23(16-27)15-22-13-19(3)12-20(4)14-22/h7-9,12-14,17H,1,6,10-11,15-16H2,2-5H3/b18-8-,21-9+,26-17?. The van der Waals surface area contributed by atoms with E-state index >= 15 is 0 Å². The zero-order valence-corrected chi connectivity index (χ0v) is 17.1. The predicted octanol–water partition coefficient (Wildman–Crippen LogP) is 5.57. The molecule has 0 aromatic heterocycles. The van der Waals surface area contributed by atoms with Crippen LogP contribution < -0.4 is 0 Å². The van der Waals surface area contributed by atoms with Gasteiger partial charge in [-0.05, 0) is 58.0 Å². The fourth-order valence-corrected chi connectivity index (χ4v) is 3.39. The van der Waals surface area contributed by atoms with Gasteiger partial charge in [-0.2, -0.15) is 0 Å². The highest BCUT2D eigenvalue weighted by molar-refractivity contribution is 5.63. The van der Waals surface area contributed by atoms with Gasteiger partial charge in [-0.15, -0.1) is 0 Å². The van der Waals surface area contributed by atoms with Crippen molar-refractivity contribution in [2.24, 2.45) is 9.98 Å². The average Bonchev–Trinajstić information content (AvgIpc) is 2.63. The average molecular weight is 362 g/mol. The topological polar surface area (TPSA) is 28.0 Å². The molecule has 0 fully saturated rings. The van der Waals surface area contributed by atoms with Crippen LogP contribution in [-0.4, -0.2) is 31.0 Å². The second kappa shape index (κ2) is 9.86. The van der Waals surface area contributed by atoms with Crippen molar-refractivity contribution in [1.29, 1.82) is 0 Å². The third-order valence-corrected chi connectivity index (χ3v) is 4.81. The Bertz CT molecular complexity index is 802. The van der Waals surface area contributed by atoms with E-state index in [9.17, 15) is 0 Å². The Morgan fingerprint density at radius 2 is 1.85 bits per heavy atom. The van der Waals surface area contributed by atoms with Crippen molar-refractivity contribution in [2.45, 2.75) is 40.5 Å². The van der Waals surface area contributed by atoms with Gasteiger partial charge in [0.05, 0.1) is 0 Å². The van der Waals surface area contributed by atoms with Gasteiger partial charge in [0, 0.05) is 30.9 Å². The van der Waals surface area contributed by atoms with E-state index in [1.807, 2.05) is 6.08 Å². The summed E-state index contributed by atoms with van der Waals surface area (Å²) >= 11 is 0. The van der Waals surface area contributed by atoms with E-state index in [1.165, 1.54) is 33.5 Å². The van der Waals surface area contributed by atoms with Gasteiger partial charge < -0.3 is 4.90 Å². The second-order valence-corrected chi connectivity index (χ2v) is 7.24. The van der Waals surface area contributed by atoms with Gasteiger partial charge in [0.25, 0.3) is 0 Å². The Labute approximate surface area is 164 Å². The molecule has 0 amide bonds. The molecule has 3 heteroatoms. The molecule has 1 aromatic rings. The van der Waals surface area contributed by atoms with Crippen molar-refractivity contribution in [2.75, 3.05) is 13.1 Å². The zero-order chi connectivity index (χ0) is 19.8. The van der Waals surface area contributed by atoms with Crippen LogP contribution >= 0.6 is 0 Å². The first-order valence-electron chi connectivity index (χ1n) is 9.42. The van der Waals surface area contributed by atoms with E-state index in [4.69, 9.17) is 0 Å². The summed E-state index contributed by atoms with van der Waals surface area (Å²) in [6.07, 6.45) is 9.56. The quantitative estimate of drug-likeness (QED) is 0.354.